The number of nitrogens with two attached hydrogens (primary N) is 1. The molecular weight excluding hydrogens is 296 g/mol. The van der Waals surface area contributed by atoms with Crippen molar-refractivity contribution in [2.75, 3.05) is 0 Å². The highest BCUT2D eigenvalue weighted by molar-refractivity contribution is 6.30. The maximum absolute atomic E-state index is 12.8. The number of benzene rings is 2. The maximum atomic E-state index is 12.8. The number of hydrogen-bond acceptors (Lipinski definition) is 2. The zero-order valence-electron chi connectivity index (χ0n) is 12.4. The smallest absolute Gasteiger partial charge is 0.276 e. The lowest BCUT2D eigenvalue weighted by molar-refractivity contribution is -0.562. The minimum Gasteiger partial charge on any atom is -0.289 e. The Morgan fingerprint density at radius 3 is 2.55 bits per heavy atom. The summed E-state index contributed by atoms with van der Waals surface area (Å²) >= 11 is 5.90. The van der Waals surface area contributed by atoms with Crippen LogP contribution in [-0.4, -0.2) is 22.2 Å². The van der Waals surface area contributed by atoms with E-state index in [9.17, 15) is 4.79 Å². The second kappa shape index (κ2) is 5.93. The fourth-order valence-corrected chi connectivity index (χ4v) is 3.09. The van der Waals surface area contributed by atoms with Crippen LogP contribution in [0.1, 0.15) is 34.8 Å². The standard InChI is InChI=1S/C18H17ClN2O/c1-2-16(17(22)12-7-9-14(19)10-8-12)21-11-13-5-3-4-6-15(13)18(21)20/h3-10,16,20H,2,11H2,1H3/p+1/t16-/m1/s1. The molecule has 0 bridgehead atoms. The van der Waals surface area contributed by atoms with Gasteiger partial charge < -0.3 is 0 Å². The highest BCUT2D eigenvalue weighted by atomic mass is 35.5. The fourth-order valence-electron chi connectivity index (χ4n) is 2.96. The summed E-state index contributed by atoms with van der Waals surface area (Å²) in [7, 11) is 0. The summed E-state index contributed by atoms with van der Waals surface area (Å²) in [6, 6.07) is 14.8. The molecule has 3 rings (SSSR count). The molecule has 0 radical (unpaired) electrons. The second-order valence-corrected chi connectivity index (χ2v) is 5.90. The number of amidine groups is 1. The van der Waals surface area contributed by atoms with Crippen LogP contribution in [0.5, 0.6) is 0 Å². The van der Waals surface area contributed by atoms with Gasteiger partial charge in [0.15, 0.2) is 6.04 Å². The Labute approximate surface area is 135 Å². The van der Waals surface area contributed by atoms with Crippen LogP contribution in [0.3, 0.4) is 0 Å². The van der Waals surface area contributed by atoms with Crippen molar-refractivity contribution in [3.05, 3.63) is 70.2 Å². The molecule has 0 spiro atoms. The van der Waals surface area contributed by atoms with Crippen LogP contribution in [-0.2, 0) is 6.54 Å². The van der Waals surface area contributed by atoms with Gasteiger partial charge in [0.1, 0.15) is 6.54 Å². The van der Waals surface area contributed by atoms with Crippen molar-refractivity contribution in [2.24, 2.45) is 5.73 Å². The van der Waals surface area contributed by atoms with Crippen LogP contribution in [0.15, 0.2) is 48.5 Å². The number of carbonyl (C=O) groups excluding carboxylic acids is 1. The Balaban J connectivity index is 1.94. The topological polar surface area (TPSA) is 46.1 Å². The molecule has 0 fully saturated rings. The first-order chi connectivity index (χ1) is 10.6. The summed E-state index contributed by atoms with van der Waals surface area (Å²) in [5, 5.41) is 0.629. The molecule has 0 aliphatic carbocycles. The summed E-state index contributed by atoms with van der Waals surface area (Å²) in [5.74, 6) is 0.764. The average Bonchev–Trinajstić information content (AvgIpc) is 2.86. The predicted molar refractivity (Wildman–Crippen MR) is 88.6 cm³/mol. The normalized spacial score (nSPS) is 14.8. The number of Topliss-reactive ketones (excluding diaryl/α,β-unsaturated/α-hetero) is 1. The van der Waals surface area contributed by atoms with Gasteiger partial charge in [-0.2, -0.15) is 0 Å². The fraction of sp³-hybridized carbons (Fsp3) is 0.222. The molecule has 0 unspecified atom stereocenters. The van der Waals surface area contributed by atoms with E-state index in [1.54, 1.807) is 24.3 Å². The average molecular weight is 314 g/mol. The molecule has 2 aromatic carbocycles. The number of rotatable bonds is 4. The molecule has 1 aliphatic rings. The maximum Gasteiger partial charge on any atom is 0.276 e. The van der Waals surface area contributed by atoms with E-state index in [0.29, 0.717) is 29.4 Å². The van der Waals surface area contributed by atoms with Crippen LogP contribution >= 0.6 is 11.6 Å². The van der Waals surface area contributed by atoms with Crippen molar-refractivity contribution in [3.63, 3.8) is 0 Å². The van der Waals surface area contributed by atoms with E-state index in [2.05, 4.69) is 6.07 Å². The van der Waals surface area contributed by atoms with Crippen molar-refractivity contribution < 1.29 is 9.37 Å². The van der Waals surface area contributed by atoms with Gasteiger partial charge in [-0.3, -0.25) is 10.5 Å². The Kier molecular flexibility index (Phi) is 3.99. The zero-order chi connectivity index (χ0) is 15.7. The second-order valence-electron chi connectivity index (χ2n) is 5.47. The van der Waals surface area contributed by atoms with Crippen molar-refractivity contribution >= 4 is 23.2 Å². The first-order valence-electron chi connectivity index (χ1n) is 7.39. The summed E-state index contributed by atoms with van der Waals surface area (Å²) in [4.78, 5) is 12.8. The van der Waals surface area contributed by atoms with E-state index in [1.807, 2.05) is 29.7 Å². The third-order valence-corrected chi connectivity index (χ3v) is 4.39. The molecule has 1 atom stereocenters. The van der Waals surface area contributed by atoms with Gasteiger partial charge in [0.05, 0.1) is 5.56 Å². The molecule has 3 nitrogen and oxygen atoms in total. The number of hydrogen-bond donors (Lipinski definition) is 1. The zero-order valence-corrected chi connectivity index (χ0v) is 13.2. The van der Waals surface area contributed by atoms with Crippen molar-refractivity contribution in [2.45, 2.75) is 25.9 Å². The van der Waals surface area contributed by atoms with Crippen LogP contribution in [0.4, 0.5) is 0 Å². The Morgan fingerprint density at radius 2 is 1.91 bits per heavy atom. The van der Waals surface area contributed by atoms with Crippen LogP contribution in [0, 0.1) is 0 Å². The summed E-state index contributed by atoms with van der Waals surface area (Å²) < 4.78 is 2.00. The molecule has 22 heavy (non-hydrogen) atoms. The van der Waals surface area contributed by atoms with Gasteiger partial charge in [-0.1, -0.05) is 36.7 Å². The Hall–Kier alpha value is -2.13. The van der Waals surface area contributed by atoms with E-state index in [0.717, 1.165) is 5.56 Å². The minimum absolute atomic E-state index is 0.0786. The third kappa shape index (κ3) is 2.53. The summed E-state index contributed by atoms with van der Waals surface area (Å²) in [5.41, 5.74) is 9.14. The lowest BCUT2D eigenvalue weighted by Gasteiger charge is -2.15. The quantitative estimate of drug-likeness (QED) is 0.696. The van der Waals surface area contributed by atoms with Crippen LogP contribution in [0.25, 0.3) is 0 Å². The number of carbonyl (C=O) groups is 1. The minimum atomic E-state index is -0.256. The number of nitrogens with zero attached hydrogens (tertiary/aromatic N) is 1. The van der Waals surface area contributed by atoms with E-state index in [-0.39, 0.29) is 11.8 Å². The predicted octanol–water partition coefficient (Wildman–Crippen LogP) is 3.23. The van der Waals surface area contributed by atoms with E-state index in [1.165, 1.54) is 5.56 Å². The molecule has 1 heterocycles. The molecule has 0 saturated carbocycles. The van der Waals surface area contributed by atoms with E-state index in [4.69, 9.17) is 17.3 Å². The largest absolute Gasteiger partial charge is 0.289 e. The van der Waals surface area contributed by atoms with Gasteiger partial charge in [-0.05, 0) is 36.8 Å². The monoisotopic (exact) mass is 313 g/mol. The van der Waals surface area contributed by atoms with Gasteiger partial charge in [0, 0.05) is 16.1 Å². The van der Waals surface area contributed by atoms with Gasteiger partial charge in [-0.25, -0.2) is 4.58 Å². The van der Waals surface area contributed by atoms with E-state index < -0.39 is 0 Å². The van der Waals surface area contributed by atoms with Gasteiger partial charge in [0.2, 0.25) is 5.78 Å². The molecule has 2 N–H and O–H groups in total. The third-order valence-electron chi connectivity index (χ3n) is 4.14. The summed E-state index contributed by atoms with van der Waals surface area (Å²) in [6.45, 7) is 2.69. The van der Waals surface area contributed by atoms with Crippen LogP contribution in [0.2, 0.25) is 5.02 Å². The highest BCUT2D eigenvalue weighted by Gasteiger charge is 2.33. The van der Waals surface area contributed by atoms with Crippen LogP contribution < -0.4 is 5.73 Å². The van der Waals surface area contributed by atoms with E-state index >= 15 is 0 Å². The molecule has 4 heteroatoms. The lowest BCUT2D eigenvalue weighted by atomic mass is 10.0. The molecule has 112 valence electrons. The molecule has 0 saturated heterocycles. The molecule has 0 aromatic heterocycles. The Morgan fingerprint density at radius 1 is 1.23 bits per heavy atom. The molecular formula is C18H18ClN2O+. The number of fused-ring (bicyclic) bond motifs is 1. The van der Waals surface area contributed by atoms with Gasteiger partial charge >= 0.3 is 0 Å². The number of ketones is 1. The SMILES string of the molecule is CC[C@H](C(=O)c1ccc(Cl)cc1)[N+]1=C(N)c2ccccc2C1. The summed E-state index contributed by atoms with van der Waals surface area (Å²) in [6.07, 6.45) is 0.705. The van der Waals surface area contributed by atoms with Gasteiger partial charge in [0.25, 0.3) is 5.84 Å². The first-order valence-corrected chi connectivity index (χ1v) is 7.76. The highest BCUT2D eigenvalue weighted by Crippen LogP contribution is 2.21. The molecule has 0 amide bonds. The van der Waals surface area contributed by atoms with Crippen molar-refractivity contribution in [1.82, 2.24) is 0 Å². The molecule has 2 aromatic rings. The number of halogens is 1. The van der Waals surface area contributed by atoms with Gasteiger partial charge in [-0.15, -0.1) is 0 Å². The van der Waals surface area contributed by atoms with Crippen molar-refractivity contribution in [1.29, 1.82) is 0 Å². The first kappa shape index (κ1) is 14.8. The Bertz CT molecular complexity index is 750. The molecule has 1 aliphatic heterocycles. The van der Waals surface area contributed by atoms with Crippen molar-refractivity contribution in [3.8, 4) is 0 Å². The lowest BCUT2D eigenvalue weighted by Crippen LogP contribution is -2.37.